The quantitative estimate of drug-likeness (QED) is 0.262. The smallest absolute Gasteiger partial charge is 0.0776 e. The Balaban J connectivity index is 0.00000456. The third-order valence-corrected chi connectivity index (χ3v) is 22.1. The molecule has 36 heavy (non-hydrogen) atoms. The van der Waals surface area contributed by atoms with Crippen LogP contribution in [0.2, 0.25) is 0 Å². The Morgan fingerprint density at radius 1 is 0.500 bits per heavy atom. The van der Waals surface area contributed by atoms with E-state index in [1.165, 1.54) is 11.8 Å². The zero-order valence-corrected chi connectivity index (χ0v) is 26.1. The lowest BCUT2D eigenvalue weighted by atomic mass is 10.3. The van der Waals surface area contributed by atoms with E-state index < -0.39 is 7.26 Å². The molecular weight excluding hydrogens is 489 g/mol. The minimum Gasteiger partial charge on any atom is -0.0776 e. The summed E-state index contributed by atoms with van der Waals surface area (Å²) < 4.78 is 0. The van der Waals surface area contributed by atoms with Gasteiger partial charge in [-0.3, -0.25) is 0 Å². The summed E-state index contributed by atoms with van der Waals surface area (Å²) in [6.45, 7) is 22.4. The highest BCUT2D eigenvalue weighted by Crippen LogP contribution is 2.79. The predicted octanol–water partition coefficient (Wildman–Crippen LogP) is 9.89. The standard InChI is InChI=1S/C32H46P3.CH4/c1-30(2,3)33(27-19-13-10-14-20-27)25-35(32(7,8)9,29-23-17-12-18-24-29)26-34(31(4,5)6)28-21-15-11-16-22-28;/h10-24H,25-26H2,1-9H3;1H4/q+1;. The molecular formula is C33H50P3+. The Morgan fingerprint density at radius 3 is 1.08 bits per heavy atom. The van der Waals surface area contributed by atoms with Crippen LogP contribution in [-0.2, 0) is 0 Å². The van der Waals surface area contributed by atoms with Crippen LogP contribution in [0.5, 0.6) is 0 Å². The van der Waals surface area contributed by atoms with Gasteiger partial charge in [0.1, 0.15) is 0 Å². The van der Waals surface area contributed by atoms with Gasteiger partial charge in [-0.1, -0.05) is 128 Å². The maximum absolute atomic E-state index is 2.54. The van der Waals surface area contributed by atoms with Crippen LogP contribution in [0.1, 0.15) is 69.7 Å². The Bertz CT molecular complexity index is 980. The van der Waals surface area contributed by atoms with E-state index in [0.717, 1.165) is 0 Å². The van der Waals surface area contributed by atoms with Crippen molar-refractivity contribution >= 4 is 39.0 Å². The molecule has 0 aliphatic rings. The van der Waals surface area contributed by atoms with Crippen LogP contribution < -0.4 is 15.9 Å². The summed E-state index contributed by atoms with van der Waals surface area (Å²) in [5.74, 6) is 2.62. The monoisotopic (exact) mass is 539 g/mol. The summed E-state index contributed by atoms with van der Waals surface area (Å²) in [5, 5.41) is 5.44. The molecule has 0 saturated carbocycles. The molecule has 0 spiro atoms. The van der Waals surface area contributed by atoms with Crippen molar-refractivity contribution in [2.45, 2.75) is 85.2 Å². The molecule has 0 fully saturated rings. The molecule has 0 aliphatic heterocycles. The number of hydrogen-bond donors (Lipinski definition) is 0. The average Bonchev–Trinajstić information content (AvgIpc) is 2.78. The first-order chi connectivity index (χ1) is 16.3. The van der Waals surface area contributed by atoms with Crippen molar-refractivity contribution in [1.82, 2.24) is 0 Å². The van der Waals surface area contributed by atoms with Gasteiger partial charge in [0, 0.05) is 0 Å². The molecule has 0 heterocycles. The molecule has 2 unspecified atom stereocenters. The summed E-state index contributed by atoms with van der Waals surface area (Å²) in [6, 6.07) is 34.5. The van der Waals surface area contributed by atoms with Crippen molar-refractivity contribution in [3.05, 3.63) is 91.0 Å². The van der Waals surface area contributed by atoms with Crippen molar-refractivity contribution in [3.8, 4) is 0 Å². The van der Waals surface area contributed by atoms with Crippen molar-refractivity contribution < 1.29 is 0 Å². The van der Waals surface area contributed by atoms with Gasteiger partial charge < -0.3 is 0 Å². The maximum Gasteiger partial charge on any atom is 0.0952 e. The number of hydrogen-bond acceptors (Lipinski definition) is 0. The Kier molecular flexibility index (Phi) is 10.6. The molecule has 0 amide bonds. The topological polar surface area (TPSA) is 0 Å². The van der Waals surface area contributed by atoms with E-state index in [2.05, 4.69) is 153 Å². The number of benzene rings is 3. The summed E-state index contributed by atoms with van der Waals surface area (Å²) in [4.78, 5) is 0. The molecule has 3 heteroatoms. The second-order valence-corrected chi connectivity index (χ2v) is 24.1. The zero-order chi connectivity index (χ0) is 25.9. The van der Waals surface area contributed by atoms with E-state index in [9.17, 15) is 0 Å². The molecule has 2 atom stereocenters. The summed E-state index contributed by atoms with van der Waals surface area (Å²) in [7, 11) is -2.31. The van der Waals surface area contributed by atoms with Crippen molar-refractivity contribution in [2.75, 3.05) is 11.8 Å². The van der Waals surface area contributed by atoms with Crippen molar-refractivity contribution in [1.29, 1.82) is 0 Å². The number of rotatable bonds is 7. The fraction of sp³-hybridized carbons (Fsp3) is 0.455. The molecule has 196 valence electrons. The van der Waals surface area contributed by atoms with Crippen molar-refractivity contribution in [3.63, 3.8) is 0 Å². The minimum absolute atomic E-state index is 0. The highest BCUT2D eigenvalue weighted by atomic mass is 31.2. The van der Waals surface area contributed by atoms with E-state index in [0.29, 0.717) is 0 Å². The van der Waals surface area contributed by atoms with Crippen LogP contribution in [0.25, 0.3) is 0 Å². The average molecular weight is 540 g/mol. The highest BCUT2D eigenvalue weighted by Gasteiger charge is 2.56. The summed E-state index contributed by atoms with van der Waals surface area (Å²) in [5.41, 5.74) is 0. The lowest BCUT2D eigenvalue weighted by molar-refractivity contribution is 0.769. The molecule has 0 aliphatic carbocycles. The lowest BCUT2D eigenvalue weighted by Gasteiger charge is -2.46. The van der Waals surface area contributed by atoms with Gasteiger partial charge in [0.2, 0.25) is 0 Å². The molecule has 0 N–H and O–H groups in total. The van der Waals surface area contributed by atoms with Gasteiger partial charge in [0.25, 0.3) is 0 Å². The van der Waals surface area contributed by atoms with Crippen LogP contribution >= 0.6 is 23.1 Å². The second-order valence-electron chi connectivity index (χ2n) is 12.6. The third-order valence-electron chi connectivity index (χ3n) is 7.06. The fourth-order valence-corrected chi connectivity index (χ4v) is 23.4. The first kappa shape index (κ1) is 31.2. The van der Waals surface area contributed by atoms with E-state index in [1.807, 2.05) is 0 Å². The van der Waals surface area contributed by atoms with Gasteiger partial charge in [0.15, 0.2) is 0 Å². The van der Waals surface area contributed by atoms with E-state index in [4.69, 9.17) is 0 Å². The molecule has 0 saturated heterocycles. The van der Waals surface area contributed by atoms with E-state index in [1.54, 1.807) is 15.9 Å². The first-order valence-electron chi connectivity index (χ1n) is 12.8. The summed E-state index contributed by atoms with van der Waals surface area (Å²) in [6.07, 6.45) is 0. The highest BCUT2D eigenvalue weighted by molar-refractivity contribution is 7.99. The minimum atomic E-state index is -1.61. The zero-order valence-electron chi connectivity index (χ0n) is 23.4. The molecule has 0 aromatic heterocycles. The van der Waals surface area contributed by atoms with E-state index >= 15 is 0 Å². The molecule has 3 rings (SSSR count). The molecule has 0 bridgehead atoms. The van der Waals surface area contributed by atoms with Gasteiger partial charge in [-0.05, 0) is 69.7 Å². The molecule has 3 aromatic rings. The van der Waals surface area contributed by atoms with Crippen LogP contribution in [0.15, 0.2) is 91.0 Å². The van der Waals surface area contributed by atoms with Crippen molar-refractivity contribution in [2.24, 2.45) is 0 Å². The van der Waals surface area contributed by atoms with Crippen LogP contribution in [0, 0.1) is 0 Å². The van der Waals surface area contributed by atoms with Gasteiger partial charge in [-0.15, -0.1) is 0 Å². The van der Waals surface area contributed by atoms with E-state index in [-0.39, 0.29) is 38.7 Å². The SMILES string of the molecule is C.CC(C)(C)P(C[P+](CP(c1ccccc1)C(C)(C)C)(c1ccccc1)C(C)(C)C)c1ccccc1. The van der Waals surface area contributed by atoms with Crippen LogP contribution in [0.4, 0.5) is 0 Å². The van der Waals surface area contributed by atoms with Gasteiger partial charge in [0.05, 0.1) is 29.5 Å². The Labute approximate surface area is 226 Å². The van der Waals surface area contributed by atoms with Gasteiger partial charge in [-0.2, -0.15) is 0 Å². The van der Waals surface area contributed by atoms with Crippen LogP contribution in [0.3, 0.4) is 0 Å². The predicted molar refractivity (Wildman–Crippen MR) is 175 cm³/mol. The lowest BCUT2D eigenvalue weighted by Crippen LogP contribution is -2.37. The Hall–Kier alpha value is -1.05. The van der Waals surface area contributed by atoms with Crippen LogP contribution in [-0.4, -0.2) is 27.3 Å². The van der Waals surface area contributed by atoms with Gasteiger partial charge >= 0.3 is 0 Å². The molecule has 3 aromatic carbocycles. The second kappa shape index (κ2) is 12.2. The van der Waals surface area contributed by atoms with Gasteiger partial charge in [-0.25, -0.2) is 0 Å². The fourth-order valence-electron chi connectivity index (χ4n) is 4.79. The first-order valence-corrected chi connectivity index (χ1v) is 18.1. The molecule has 0 radical (unpaired) electrons. The summed E-state index contributed by atoms with van der Waals surface area (Å²) >= 11 is 0. The maximum atomic E-state index is 2.54. The Morgan fingerprint density at radius 2 is 0.806 bits per heavy atom. The largest absolute Gasteiger partial charge is 0.0952 e. The normalized spacial score (nSPS) is 15.9. The molecule has 0 nitrogen and oxygen atoms in total. The third kappa shape index (κ3) is 7.28.